The summed E-state index contributed by atoms with van der Waals surface area (Å²) in [7, 11) is 0. The van der Waals surface area contributed by atoms with Crippen LogP contribution in [-0.4, -0.2) is 20.6 Å². The molecule has 1 aliphatic heterocycles. The molecule has 2 aromatic heterocycles. The summed E-state index contributed by atoms with van der Waals surface area (Å²) in [6.45, 7) is 4.92. The fourth-order valence-corrected chi connectivity index (χ4v) is 3.87. The maximum Gasteiger partial charge on any atom is 0.330 e. The van der Waals surface area contributed by atoms with Gasteiger partial charge in [-0.2, -0.15) is 0 Å². The minimum absolute atomic E-state index is 0.0524. The molecule has 31 heavy (non-hydrogen) atoms. The normalized spacial score (nSPS) is 12.7. The van der Waals surface area contributed by atoms with Crippen LogP contribution in [0.5, 0.6) is 11.6 Å². The van der Waals surface area contributed by atoms with Gasteiger partial charge in [0.25, 0.3) is 0 Å². The molecule has 0 unspecified atom stereocenters. The van der Waals surface area contributed by atoms with Crippen LogP contribution < -0.4 is 15.4 Å². The van der Waals surface area contributed by atoms with Gasteiger partial charge in [0.2, 0.25) is 5.88 Å². The summed E-state index contributed by atoms with van der Waals surface area (Å²) in [4.78, 5) is 21.3. The number of fused-ring (bicyclic) bond motifs is 2. The van der Waals surface area contributed by atoms with E-state index in [1.807, 2.05) is 31.2 Å². The summed E-state index contributed by atoms with van der Waals surface area (Å²) in [6, 6.07) is 12.0. The molecule has 156 valence electrons. The zero-order valence-electron chi connectivity index (χ0n) is 17.1. The molecular formula is C23H20FN5O2. The van der Waals surface area contributed by atoms with Crippen molar-refractivity contribution >= 4 is 22.6 Å². The Hall–Kier alpha value is -3.78. The lowest BCUT2D eigenvalue weighted by Crippen LogP contribution is -2.20. The lowest BCUT2D eigenvalue weighted by molar-refractivity contribution is 0.254. The fourth-order valence-electron chi connectivity index (χ4n) is 3.87. The molecule has 0 bridgehead atoms. The van der Waals surface area contributed by atoms with E-state index in [1.165, 1.54) is 17.0 Å². The molecule has 3 heterocycles. The van der Waals surface area contributed by atoms with Gasteiger partial charge < -0.3 is 15.4 Å². The molecule has 1 aliphatic rings. The van der Waals surface area contributed by atoms with Crippen molar-refractivity contribution in [2.75, 3.05) is 5.32 Å². The first-order chi connectivity index (χ1) is 15.0. The van der Waals surface area contributed by atoms with E-state index in [-0.39, 0.29) is 11.8 Å². The van der Waals surface area contributed by atoms with Crippen LogP contribution in [0.15, 0.2) is 48.8 Å². The maximum atomic E-state index is 15.3. The highest BCUT2D eigenvalue weighted by Crippen LogP contribution is 2.33. The van der Waals surface area contributed by atoms with Crippen LogP contribution in [-0.2, 0) is 13.1 Å². The van der Waals surface area contributed by atoms with Crippen LogP contribution in [0.4, 0.5) is 14.9 Å². The quantitative estimate of drug-likeness (QED) is 0.507. The average Bonchev–Trinajstić information content (AvgIpc) is 3.35. The molecule has 0 fully saturated rings. The largest absolute Gasteiger partial charge is 0.435 e. The Bertz CT molecular complexity index is 1330. The van der Waals surface area contributed by atoms with Crippen molar-refractivity contribution in [2.24, 2.45) is 0 Å². The Morgan fingerprint density at radius 3 is 2.87 bits per heavy atom. The average molecular weight is 417 g/mol. The predicted octanol–water partition coefficient (Wildman–Crippen LogP) is 4.66. The SMILES string of the molecule is Cc1cccc(NC(=O)n2c(C)cc3c(F)c(Oc4ncnc5c4CNC5)ccc32)c1. The van der Waals surface area contributed by atoms with Gasteiger partial charge >= 0.3 is 6.03 Å². The maximum absolute atomic E-state index is 15.3. The molecule has 4 aromatic rings. The standard InChI is InChI=1S/C23H20FN5O2/c1-13-4-3-5-15(8-13)28-23(30)29-14(2)9-16-19(29)6-7-20(21(16)24)31-22-17-10-25-11-18(17)26-12-27-22/h3-9,12,25H,10-11H2,1-2H3,(H,28,30). The van der Waals surface area contributed by atoms with Gasteiger partial charge in [-0.05, 0) is 49.7 Å². The van der Waals surface area contributed by atoms with Crippen LogP contribution >= 0.6 is 0 Å². The number of anilines is 1. The van der Waals surface area contributed by atoms with E-state index in [0.29, 0.717) is 41.3 Å². The Morgan fingerprint density at radius 2 is 2.03 bits per heavy atom. The van der Waals surface area contributed by atoms with Gasteiger partial charge in [-0.3, -0.25) is 4.57 Å². The van der Waals surface area contributed by atoms with Crippen molar-refractivity contribution in [3.63, 3.8) is 0 Å². The minimum Gasteiger partial charge on any atom is -0.435 e. The fraction of sp³-hybridized carbons (Fsp3) is 0.174. The van der Waals surface area contributed by atoms with E-state index in [4.69, 9.17) is 4.74 Å². The molecule has 0 saturated heterocycles. The molecule has 0 spiro atoms. The third-order valence-corrected chi connectivity index (χ3v) is 5.34. The second-order valence-corrected chi connectivity index (χ2v) is 7.54. The van der Waals surface area contributed by atoms with Crippen molar-refractivity contribution in [1.29, 1.82) is 0 Å². The number of carbonyl (C=O) groups is 1. The molecule has 0 atom stereocenters. The van der Waals surface area contributed by atoms with Crippen LogP contribution in [0.1, 0.15) is 22.5 Å². The van der Waals surface area contributed by atoms with Crippen LogP contribution in [0.2, 0.25) is 0 Å². The lowest BCUT2D eigenvalue weighted by Gasteiger charge is -2.11. The third kappa shape index (κ3) is 3.40. The van der Waals surface area contributed by atoms with Gasteiger partial charge in [0.15, 0.2) is 11.6 Å². The number of aryl methyl sites for hydroxylation is 2. The van der Waals surface area contributed by atoms with E-state index in [9.17, 15) is 4.79 Å². The molecule has 8 heteroatoms. The Kier molecular flexibility index (Phi) is 4.63. The van der Waals surface area contributed by atoms with Gasteiger partial charge in [-0.25, -0.2) is 19.2 Å². The smallest absolute Gasteiger partial charge is 0.330 e. The molecule has 2 aromatic carbocycles. The number of ether oxygens (including phenoxy) is 1. The third-order valence-electron chi connectivity index (χ3n) is 5.34. The number of rotatable bonds is 3. The Labute approximate surface area is 177 Å². The first-order valence-corrected chi connectivity index (χ1v) is 9.91. The van der Waals surface area contributed by atoms with Crippen LogP contribution in [0.25, 0.3) is 10.9 Å². The monoisotopic (exact) mass is 417 g/mol. The highest BCUT2D eigenvalue weighted by Gasteiger charge is 2.22. The Morgan fingerprint density at radius 1 is 1.16 bits per heavy atom. The molecule has 0 saturated carbocycles. The van der Waals surface area contributed by atoms with Crippen molar-refractivity contribution in [2.45, 2.75) is 26.9 Å². The molecule has 0 aliphatic carbocycles. The summed E-state index contributed by atoms with van der Waals surface area (Å²) in [5.74, 6) is -0.154. The highest BCUT2D eigenvalue weighted by atomic mass is 19.1. The van der Waals surface area contributed by atoms with Crippen molar-refractivity contribution in [1.82, 2.24) is 19.9 Å². The topological polar surface area (TPSA) is 81.1 Å². The minimum atomic E-state index is -0.541. The zero-order valence-corrected chi connectivity index (χ0v) is 17.1. The van der Waals surface area contributed by atoms with Gasteiger partial charge in [0.1, 0.15) is 6.33 Å². The zero-order chi connectivity index (χ0) is 21.5. The highest BCUT2D eigenvalue weighted by molar-refractivity contribution is 6.00. The number of hydrogen-bond donors (Lipinski definition) is 2. The van der Waals surface area contributed by atoms with Gasteiger partial charge in [0.05, 0.1) is 16.8 Å². The first-order valence-electron chi connectivity index (χ1n) is 9.91. The number of nitrogens with zero attached hydrogens (tertiary/aromatic N) is 3. The van der Waals surface area contributed by atoms with Crippen molar-refractivity contribution in [3.05, 3.63) is 77.1 Å². The summed E-state index contributed by atoms with van der Waals surface area (Å²) >= 11 is 0. The van der Waals surface area contributed by atoms with Crippen molar-refractivity contribution < 1.29 is 13.9 Å². The lowest BCUT2D eigenvalue weighted by atomic mass is 10.2. The summed E-state index contributed by atoms with van der Waals surface area (Å²) in [6.07, 6.45) is 1.41. The molecular weight excluding hydrogens is 397 g/mol. The van der Waals surface area contributed by atoms with Crippen LogP contribution in [0.3, 0.4) is 0 Å². The van der Waals surface area contributed by atoms with Crippen molar-refractivity contribution in [3.8, 4) is 11.6 Å². The number of aromatic nitrogens is 3. The predicted molar refractivity (Wildman–Crippen MR) is 115 cm³/mol. The first kappa shape index (κ1) is 19.2. The van der Waals surface area contributed by atoms with E-state index in [1.54, 1.807) is 19.1 Å². The van der Waals surface area contributed by atoms with E-state index in [2.05, 4.69) is 20.6 Å². The summed E-state index contributed by atoms with van der Waals surface area (Å²) in [5, 5.41) is 6.35. The number of hydrogen-bond acceptors (Lipinski definition) is 5. The van der Waals surface area contributed by atoms with Gasteiger partial charge in [0, 0.05) is 29.9 Å². The van der Waals surface area contributed by atoms with Gasteiger partial charge in [-0.15, -0.1) is 0 Å². The second-order valence-electron chi connectivity index (χ2n) is 7.54. The summed E-state index contributed by atoms with van der Waals surface area (Å²) < 4.78 is 22.6. The number of benzene rings is 2. The summed E-state index contributed by atoms with van der Waals surface area (Å²) in [5.41, 5.74) is 4.46. The van der Waals surface area contributed by atoms with Gasteiger partial charge in [-0.1, -0.05) is 12.1 Å². The molecule has 7 nitrogen and oxygen atoms in total. The van der Waals surface area contributed by atoms with E-state index >= 15 is 4.39 Å². The van der Waals surface area contributed by atoms with Crippen LogP contribution in [0, 0.1) is 19.7 Å². The Balaban J connectivity index is 1.49. The number of carbonyl (C=O) groups excluding carboxylic acids is 1. The van der Waals surface area contributed by atoms with E-state index in [0.717, 1.165) is 16.8 Å². The number of nitrogens with one attached hydrogen (secondary N) is 2. The molecule has 2 N–H and O–H groups in total. The molecule has 5 rings (SSSR count). The van der Waals surface area contributed by atoms with E-state index < -0.39 is 5.82 Å². The number of halogens is 1. The molecule has 1 amide bonds. The molecule has 0 radical (unpaired) electrons. The second kappa shape index (κ2) is 7.48. The number of amides is 1.